The third-order valence-electron chi connectivity index (χ3n) is 10.1. The van der Waals surface area contributed by atoms with Crippen LogP contribution in [0.15, 0.2) is 131 Å². The zero-order chi connectivity index (χ0) is 46.5. The zero-order valence-corrected chi connectivity index (χ0v) is 35.7. The van der Waals surface area contributed by atoms with Crippen molar-refractivity contribution in [3.05, 3.63) is 204 Å². The average Bonchev–Trinajstić information content (AvgIpc) is 3.89. The van der Waals surface area contributed by atoms with E-state index in [2.05, 4.69) is 15.5 Å². The maximum absolute atomic E-state index is 14.4. The van der Waals surface area contributed by atoms with Crippen molar-refractivity contribution in [1.82, 2.24) is 34.0 Å². The van der Waals surface area contributed by atoms with E-state index in [4.69, 9.17) is 14.2 Å². The summed E-state index contributed by atoms with van der Waals surface area (Å²) in [5, 5.41) is 20.5. The number of ether oxygens (including phenoxy) is 3. The molecule has 18 heteroatoms. The van der Waals surface area contributed by atoms with Crippen LogP contribution in [-0.4, -0.2) is 67.0 Å². The number of carbonyl (C=O) groups excluding carboxylic acids is 1. The summed E-state index contributed by atoms with van der Waals surface area (Å²) in [6, 6.07) is 27.6. The highest BCUT2D eigenvalue weighted by molar-refractivity contribution is 5.95. The molecular formula is C47H46F3N7O8. The molecule has 0 atom stereocenters. The summed E-state index contributed by atoms with van der Waals surface area (Å²) in [7, 11) is 4.17. The fourth-order valence-electron chi connectivity index (χ4n) is 6.87. The molecule has 65 heavy (non-hydrogen) atoms. The fourth-order valence-corrected chi connectivity index (χ4v) is 6.87. The number of amides is 1. The SMILES string of the molecule is COCc1nn(Cc2ccc(Cn3ccccc3=O)cc2)cc1C(=O)NCc1c(F)ccc(OC)c1C(F)F.COCc1nn(Cc2ccc(Cn3ccccc3=O)cc2)cc1C(=O)O. The maximum Gasteiger partial charge on any atom is 0.339 e. The normalized spacial score (nSPS) is 11.0. The van der Waals surface area contributed by atoms with Crippen molar-refractivity contribution in [2.75, 3.05) is 21.3 Å². The van der Waals surface area contributed by atoms with Gasteiger partial charge >= 0.3 is 5.97 Å². The van der Waals surface area contributed by atoms with Crippen molar-refractivity contribution in [3.63, 3.8) is 0 Å². The number of carboxylic acids is 1. The molecule has 0 aliphatic heterocycles. The second-order valence-corrected chi connectivity index (χ2v) is 14.6. The zero-order valence-electron chi connectivity index (χ0n) is 35.7. The van der Waals surface area contributed by atoms with Gasteiger partial charge in [-0.2, -0.15) is 10.2 Å². The van der Waals surface area contributed by atoms with E-state index in [1.807, 2.05) is 54.6 Å². The number of carbonyl (C=O) groups is 2. The minimum atomic E-state index is -2.99. The molecule has 2 N–H and O–H groups in total. The Morgan fingerprint density at radius 3 is 1.55 bits per heavy atom. The van der Waals surface area contributed by atoms with E-state index < -0.39 is 36.2 Å². The number of hydrogen-bond donors (Lipinski definition) is 2. The molecule has 7 rings (SSSR count). The van der Waals surface area contributed by atoms with Gasteiger partial charge in [0.05, 0.1) is 57.6 Å². The number of carboxylic acid groups (broad SMARTS) is 1. The van der Waals surface area contributed by atoms with Gasteiger partial charge in [0.2, 0.25) is 0 Å². The molecule has 338 valence electrons. The Labute approximate surface area is 370 Å². The van der Waals surface area contributed by atoms with Crippen LogP contribution in [-0.2, 0) is 55.4 Å². The summed E-state index contributed by atoms with van der Waals surface area (Å²) in [6.07, 6.45) is 3.52. The summed E-state index contributed by atoms with van der Waals surface area (Å²) < 4.78 is 63.2. The summed E-state index contributed by atoms with van der Waals surface area (Å²) in [5.74, 6) is -2.67. The lowest BCUT2D eigenvalue weighted by Crippen LogP contribution is -2.25. The van der Waals surface area contributed by atoms with Crippen LogP contribution >= 0.6 is 0 Å². The fraction of sp³-hybridized carbons (Fsp3) is 0.234. The van der Waals surface area contributed by atoms with Gasteiger partial charge in [-0.05, 0) is 46.5 Å². The molecule has 4 aromatic heterocycles. The first-order valence-electron chi connectivity index (χ1n) is 20.1. The van der Waals surface area contributed by atoms with Crippen molar-refractivity contribution >= 4 is 11.9 Å². The Morgan fingerprint density at radius 1 is 0.662 bits per heavy atom. The van der Waals surface area contributed by atoms with Gasteiger partial charge in [0.15, 0.2) is 0 Å². The highest BCUT2D eigenvalue weighted by Gasteiger charge is 2.24. The first kappa shape index (κ1) is 46.9. The maximum atomic E-state index is 14.4. The molecule has 0 saturated carbocycles. The van der Waals surface area contributed by atoms with Crippen molar-refractivity contribution in [3.8, 4) is 5.75 Å². The van der Waals surface area contributed by atoms with Gasteiger partial charge < -0.3 is 33.8 Å². The molecule has 1 amide bonds. The molecular weight excluding hydrogens is 848 g/mol. The van der Waals surface area contributed by atoms with Crippen LogP contribution in [0, 0.1) is 5.82 Å². The first-order chi connectivity index (χ1) is 31.4. The molecule has 3 aromatic carbocycles. The Bertz CT molecular complexity index is 2840. The number of halogens is 3. The number of hydrogen-bond acceptors (Lipinski definition) is 9. The molecule has 0 spiro atoms. The predicted molar refractivity (Wildman–Crippen MR) is 233 cm³/mol. The standard InChI is InChI=1S/C28H27F3N4O4.C19H19N3O4/c1-38-17-23-21(28(37)32-13-20-22(29)10-11-24(39-2)26(20)27(30)31)16-35(33-23)15-19-8-6-18(7-9-19)14-34-12-4-3-5-25(34)36;1-26-13-17-16(19(24)25)12-22(20-17)11-15-7-5-14(6-8-15)10-21-9-3-2-4-18(21)23/h3-12,16,27H,13-15,17H2,1-2H3,(H,32,37);2-9,12H,10-11,13H2,1H3,(H,24,25). The molecule has 4 heterocycles. The van der Waals surface area contributed by atoms with Gasteiger partial charge in [0, 0.05) is 63.2 Å². The Morgan fingerprint density at radius 2 is 1.12 bits per heavy atom. The smallest absolute Gasteiger partial charge is 0.339 e. The van der Waals surface area contributed by atoms with Crippen LogP contribution in [0.1, 0.15) is 71.9 Å². The lowest BCUT2D eigenvalue weighted by molar-refractivity contribution is 0.0691. The van der Waals surface area contributed by atoms with Crippen molar-refractivity contribution in [2.45, 2.75) is 52.4 Å². The molecule has 0 unspecified atom stereocenters. The Balaban J connectivity index is 0.000000233. The van der Waals surface area contributed by atoms with E-state index in [1.165, 1.54) is 45.9 Å². The van der Waals surface area contributed by atoms with Crippen molar-refractivity contribution in [2.24, 2.45) is 0 Å². The Kier molecular flexibility index (Phi) is 16.0. The Hall–Kier alpha value is -7.57. The van der Waals surface area contributed by atoms with Crippen LogP contribution in [0.5, 0.6) is 5.75 Å². The summed E-state index contributed by atoms with van der Waals surface area (Å²) in [5.41, 5.74) is 3.82. The van der Waals surface area contributed by atoms with Crippen molar-refractivity contribution < 1.29 is 42.1 Å². The van der Waals surface area contributed by atoms with Crippen LogP contribution in [0.4, 0.5) is 13.2 Å². The lowest BCUT2D eigenvalue weighted by atomic mass is 10.1. The lowest BCUT2D eigenvalue weighted by Gasteiger charge is -2.15. The van der Waals surface area contributed by atoms with Crippen LogP contribution < -0.4 is 21.2 Å². The van der Waals surface area contributed by atoms with E-state index in [0.717, 1.165) is 34.4 Å². The van der Waals surface area contributed by atoms with E-state index in [9.17, 15) is 37.5 Å². The number of methoxy groups -OCH3 is 3. The van der Waals surface area contributed by atoms with Gasteiger partial charge in [-0.15, -0.1) is 0 Å². The van der Waals surface area contributed by atoms with E-state index in [1.54, 1.807) is 49.1 Å². The monoisotopic (exact) mass is 893 g/mol. The summed E-state index contributed by atoms with van der Waals surface area (Å²) in [6.45, 7) is 1.46. The molecule has 0 aliphatic rings. The van der Waals surface area contributed by atoms with Gasteiger partial charge in [-0.3, -0.25) is 23.7 Å². The summed E-state index contributed by atoms with van der Waals surface area (Å²) >= 11 is 0. The van der Waals surface area contributed by atoms with E-state index >= 15 is 0 Å². The largest absolute Gasteiger partial charge is 0.496 e. The van der Waals surface area contributed by atoms with Gasteiger partial charge in [0.25, 0.3) is 23.5 Å². The highest BCUT2D eigenvalue weighted by Crippen LogP contribution is 2.34. The minimum Gasteiger partial charge on any atom is -0.496 e. The predicted octanol–water partition coefficient (Wildman–Crippen LogP) is 6.29. The number of nitrogens with one attached hydrogen (secondary N) is 1. The van der Waals surface area contributed by atoms with E-state index in [0.29, 0.717) is 37.6 Å². The molecule has 7 aromatic rings. The second kappa shape index (κ2) is 22.2. The molecule has 0 radical (unpaired) electrons. The van der Waals surface area contributed by atoms with Gasteiger partial charge in [-0.1, -0.05) is 60.7 Å². The highest BCUT2D eigenvalue weighted by atomic mass is 19.3. The number of nitrogens with zero attached hydrogens (tertiary/aromatic N) is 6. The third-order valence-corrected chi connectivity index (χ3v) is 10.1. The molecule has 0 saturated heterocycles. The third kappa shape index (κ3) is 12.3. The minimum absolute atomic E-state index is 0.0380. The van der Waals surface area contributed by atoms with Crippen LogP contribution in [0.3, 0.4) is 0 Å². The number of rotatable bonds is 18. The van der Waals surface area contributed by atoms with Crippen molar-refractivity contribution in [1.29, 1.82) is 0 Å². The number of aromatic carboxylic acids is 1. The first-order valence-corrected chi connectivity index (χ1v) is 20.1. The van der Waals surface area contributed by atoms with Gasteiger partial charge in [0.1, 0.15) is 28.5 Å². The number of pyridine rings is 2. The summed E-state index contributed by atoms with van der Waals surface area (Å²) in [4.78, 5) is 48.0. The number of benzene rings is 3. The molecule has 15 nitrogen and oxygen atoms in total. The average molecular weight is 894 g/mol. The van der Waals surface area contributed by atoms with Crippen LogP contribution in [0.2, 0.25) is 0 Å². The quantitative estimate of drug-likeness (QED) is 0.0998. The topological polar surface area (TPSA) is 174 Å². The molecule has 0 bridgehead atoms. The molecule has 0 aliphatic carbocycles. The number of aromatic nitrogens is 6. The van der Waals surface area contributed by atoms with E-state index in [-0.39, 0.29) is 46.8 Å². The molecule has 0 fully saturated rings. The van der Waals surface area contributed by atoms with Gasteiger partial charge in [-0.25, -0.2) is 18.0 Å². The van der Waals surface area contributed by atoms with Crippen LogP contribution in [0.25, 0.3) is 0 Å². The second-order valence-electron chi connectivity index (χ2n) is 14.6. The number of alkyl halides is 2.